The summed E-state index contributed by atoms with van der Waals surface area (Å²) in [4.78, 5) is 4.16. The molecule has 0 bridgehead atoms. The van der Waals surface area contributed by atoms with Gasteiger partial charge in [-0.25, -0.2) is 0 Å². The number of nitrogens with zero attached hydrogens (tertiary/aromatic N) is 1. The van der Waals surface area contributed by atoms with Crippen molar-refractivity contribution in [3.05, 3.63) is 48.3 Å². The number of hydrogen-bond donors (Lipinski definition) is 2. The van der Waals surface area contributed by atoms with Crippen molar-refractivity contribution in [1.82, 2.24) is 4.98 Å². The fraction of sp³-hybridized carbons (Fsp3) is 0.214. The molecule has 18 heavy (non-hydrogen) atoms. The van der Waals surface area contributed by atoms with Crippen molar-refractivity contribution in [2.45, 2.75) is 6.61 Å². The number of hydrogen-bond acceptors (Lipinski definition) is 4. The van der Waals surface area contributed by atoms with E-state index in [2.05, 4.69) is 21.7 Å². The summed E-state index contributed by atoms with van der Waals surface area (Å²) in [5.74, 6) is 0. The van der Waals surface area contributed by atoms with Gasteiger partial charge in [-0.3, -0.25) is 4.98 Å². The molecule has 0 unspecified atom stereocenters. The molecule has 0 radical (unpaired) electrons. The van der Waals surface area contributed by atoms with E-state index in [0.29, 0.717) is 6.61 Å². The Labute approximate surface area is 107 Å². The number of pyridine rings is 1. The number of benzene rings is 1. The number of aromatic nitrogens is 1. The van der Waals surface area contributed by atoms with Crippen LogP contribution in [0.4, 0.5) is 17.1 Å². The van der Waals surface area contributed by atoms with Crippen LogP contribution in [0, 0.1) is 0 Å². The third-order valence-electron chi connectivity index (χ3n) is 2.55. The van der Waals surface area contributed by atoms with E-state index in [9.17, 15) is 0 Å². The summed E-state index contributed by atoms with van der Waals surface area (Å²) >= 11 is 0. The first kappa shape index (κ1) is 12.4. The Bertz CT molecular complexity index is 514. The molecule has 1 aromatic carbocycles. The van der Waals surface area contributed by atoms with E-state index >= 15 is 0 Å². The Morgan fingerprint density at radius 1 is 1.11 bits per heavy atom. The van der Waals surface area contributed by atoms with Crippen LogP contribution in [0.15, 0.2) is 42.7 Å². The highest BCUT2D eigenvalue weighted by Gasteiger charge is 1.98. The van der Waals surface area contributed by atoms with Crippen LogP contribution < -0.4 is 10.6 Å². The summed E-state index contributed by atoms with van der Waals surface area (Å²) in [5.41, 5.74) is 4.10. The summed E-state index contributed by atoms with van der Waals surface area (Å²) in [6, 6.07) is 10.1. The molecule has 4 nitrogen and oxygen atoms in total. The lowest BCUT2D eigenvalue weighted by Gasteiger charge is -2.09. The highest BCUT2D eigenvalue weighted by Crippen LogP contribution is 2.19. The van der Waals surface area contributed by atoms with Gasteiger partial charge in [0, 0.05) is 19.8 Å². The van der Waals surface area contributed by atoms with Gasteiger partial charge in [0.25, 0.3) is 0 Å². The molecular weight excluding hydrogens is 226 g/mol. The zero-order chi connectivity index (χ0) is 12.8. The van der Waals surface area contributed by atoms with E-state index in [-0.39, 0.29) is 0 Å². The number of nitrogens with one attached hydrogen (secondary N) is 2. The minimum Gasteiger partial charge on any atom is -0.387 e. The first-order chi connectivity index (χ1) is 8.81. The quantitative estimate of drug-likeness (QED) is 0.847. The second-order valence-electron chi connectivity index (χ2n) is 3.97. The molecule has 0 fully saturated rings. The van der Waals surface area contributed by atoms with Crippen LogP contribution in [0.3, 0.4) is 0 Å². The molecule has 4 heteroatoms. The van der Waals surface area contributed by atoms with E-state index in [1.807, 2.05) is 31.3 Å². The smallest absolute Gasteiger partial charge is 0.0713 e. The molecule has 0 atom stereocenters. The first-order valence-electron chi connectivity index (χ1n) is 5.79. The van der Waals surface area contributed by atoms with Crippen LogP contribution in [0.1, 0.15) is 5.56 Å². The fourth-order valence-corrected chi connectivity index (χ4v) is 1.72. The molecule has 2 rings (SSSR count). The number of methoxy groups -OCH3 is 1. The number of anilines is 3. The zero-order valence-electron chi connectivity index (χ0n) is 10.6. The Kier molecular flexibility index (Phi) is 4.15. The molecule has 1 heterocycles. The van der Waals surface area contributed by atoms with Gasteiger partial charge in [0.15, 0.2) is 0 Å². The first-order valence-corrected chi connectivity index (χ1v) is 5.79. The van der Waals surface area contributed by atoms with E-state index < -0.39 is 0 Å². The molecule has 0 aliphatic heterocycles. The second kappa shape index (κ2) is 6.02. The maximum Gasteiger partial charge on any atom is 0.0713 e. The van der Waals surface area contributed by atoms with Gasteiger partial charge in [0.05, 0.1) is 30.4 Å². The lowest BCUT2D eigenvalue weighted by atomic mass is 10.2. The molecule has 2 N–H and O–H groups in total. The van der Waals surface area contributed by atoms with E-state index in [4.69, 9.17) is 4.74 Å². The molecular formula is C14H17N3O. The third kappa shape index (κ3) is 3.21. The Morgan fingerprint density at radius 2 is 1.94 bits per heavy atom. The minimum absolute atomic E-state index is 0.615. The highest BCUT2D eigenvalue weighted by molar-refractivity contribution is 5.63. The SMILES string of the molecule is CNc1cncc(Nc2cccc(COC)c2)c1. The Morgan fingerprint density at radius 3 is 2.72 bits per heavy atom. The van der Waals surface area contributed by atoms with Crippen molar-refractivity contribution < 1.29 is 4.74 Å². The topological polar surface area (TPSA) is 46.2 Å². The molecule has 0 aliphatic carbocycles. The van der Waals surface area contributed by atoms with Crippen molar-refractivity contribution in [3.8, 4) is 0 Å². The van der Waals surface area contributed by atoms with Crippen LogP contribution >= 0.6 is 0 Å². The van der Waals surface area contributed by atoms with Gasteiger partial charge in [0.1, 0.15) is 0 Å². The van der Waals surface area contributed by atoms with Crippen LogP contribution in [0.2, 0.25) is 0 Å². The summed E-state index contributed by atoms with van der Waals surface area (Å²) in [6.07, 6.45) is 3.58. The largest absolute Gasteiger partial charge is 0.387 e. The van der Waals surface area contributed by atoms with Crippen LogP contribution in [-0.2, 0) is 11.3 Å². The Balaban J connectivity index is 2.14. The van der Waals surface area contributed by atoms with Crippen molar-refractivity contribution in [1.29, 1.82) is 0 Å². The number of ether oxygens (including phenoxy) is 1. The molecule has 0 saturated heterocycles. The van der Waals surface area contributed by atoms with E-state index in [1.165, 1.54) is 0 Å². The summed E-state index contributed by atoms with van der Waals surface area (Å²) in [7, 11) is 3.57. The van der Waals surface area contributed by atoms with Gasteiger partial charge in [-0.05, 0) is 23.8 Å². The molecule has 0 saturated carbocycles. The van der Waals surface area contributed by atoms with Gasteiger partial charge < -0.3 is 15.4 Å². The predicted molar refractivity (Wildman–Crippen MR) is 74.2 cm³/mol. The molecule has 2 aromatic rings. The van der Waals surface area contributed by atoms with Crippen LogP contribution in [0.5, 0.6) is 0 Å². The van der Waals surface area contributed by atoms with Crippen molar-refractivity contribution in [2.75, 3.05) is 24.8 Å². The Hall–Kier alpha value is -2.07. The fourth-order valence-electron chi connectivity index (χ4n) is 1.72. The number of rotatable bonds is 5. The molecule has 1 aromatic heterocycles. The lowest BCUT2D eigenvalue weighted by molar-refractivity contribution is 0.185. The predicted octanol–water partition coefficient (Wildman–Crippen LogP) is 3.01. The maximum atomic E-state index is 5.12. The van der Waals surface area contributed by atoms with Crippen LogP contribution in [0.25, 0.3) is 0 Å². The van der Waals surface area contributed by atoms with Gasteiger partial charge in [0.2, 0.25) is 0 Å². The van der Waals surface area contributed by atoms with Crippen molar-refractivity contribution in [3.63, 3.8) is 0 Å². The van der Waals surface area contributed by atoms with Crippen LogP contribution in [-0.4, -0.2) is 19.1 Å². The average molecular weight is 243 g/mol. The summed E-state index contributed by atoms with van der Waals surface area (Å²) < 4.78 is 5.12. The van der Waals surface area contributed by atoms with Crippen molar-refractivity contribution in [2.24, 2.45) is 0 Å². The maximum absolute atomic E-state index is 5.12. The normalized spacial score (nSPS) is 10.1. The monoisotopic (exact) mass is 243 g/mol. The summed E-state index contributed by atoms with van der Waals surface area (Å²) in [5, 5.41) is 6.38. The van der Waals surface area contributed by atoms with E-state index in [1.54, 1.807) is 19.5 Å². The lowest BCUT2D eigenvalue weighted by Crippen LogP contribution is -1.95. The van der Waals surface area contributed by atoms with Gasteiger partial charge in [-0.15, -0.1) is 0 Å². The van der Waals surface area contributed by atoms with Crippen molar-refractivity contribution >= 4 is 17.1 Å². The van der Waals surface area contributed by atoms with Gasteiger partial charge in [-0.1, -0.05) is 12.1 Å². The van der Waals surface area contributed by atoms with Gasteiger partial charge in [-0.2, -0.15) is 0 Å². The summed E-state index contributed by atoms with van der Waals surface area (Å²) in [6.45, 7) is 0.615. The minimum atomic E-state index is 0.615. The molecule has 0 amide bonds. The third-order valence-corrected chi connectivity index (χ3v) is 2.55. The average Bonchev–Trinajstić information content (AvgIpc) is 2.40. The van der Waals surface area contributed by atoms with E-state index in [0.717, 1.165) is 22.6 Å². The molecule has 94 valence electrons. The zero-order valence-corrected chi connectivity index (χ0v) is 10.6. The second-order valence-corrected chi connectivity index (χ2v) is 3.97. The highest BCUT2D eigenvalue weighted by atomic mass is 16.5. The van der Waals surface area contributed by atoms with Gasteiger partial charge >= 0.3 is 0 Å². The standard InChI is InChI=1S/C14H17N3O/c1-15-13-7-14(9-16-8-13)17-12-5-3-4-11(6-12)10-18-2/h3-9,15,17H,10H2,1-2H3. The molecule has 0 aliphatic rings. The molecule has 0 spiro atoms.